The van der Waals surface area contributed by atoms with Gasteiger partial charge in [-0.15, -0.1) is 0 Å². The fraction of sp³-hybridized carbons (Fsp3) is 0.435. The van der Waals surface area contributed by atoms with Crippen molar-refractivity contribution in [1.29, 1.82) is 0 Å². The molecule has 0 aliphatic heterocycles. The standard InChI is InChI=1S/C23H28N4O2/c1-16-8-9-19(17(2)14-16)20-15-21-23(29)26(12-13-27(21)25-20)11-10-24-22(28)18-6-4-3-5-7-18/h8-9,12-15,18H,3-7,10-11H2,1-2H3,(H,24,28). The van der Waals surface area contributed by atoms with Gasteiger partial charge in [-0.05, 0) is 38.3 Å². The first-order chi connectivity index (χ1) is 14.0. The Labute approximate surface area is 170 Å². The van der Waals surface area contributed by atoms with Crippen LogP contribution >= 0.6 is 0 Å². The summed E-state index contributed by atoms with van der Waals surface area (Å²) in [5.74, 6) is 0.262. The van der Waals surface area contributed by atoms with Crippen molar-refractivity contribution in [3.63, 3.8) is 0 Å². The van der Waals surface area contributed by atoms with Crippen LogP contribution in [0.1, 0.15) is 43.2 Å². The Balaban J connectivity index is 1.49. The Bertz CT molecular complexity index is 1090. The van der Waals surface area contributed by atoms with Crippen LogP contribution in [0.4, 0.5) is 0 Å². The fourth-order valence-corrected chi connectivity index (χ4v) is 4.24. The minimum Gasteiger partial charge on any atom is -0.354 e. The molecule has 1 amide bonds. The van der Waals surface area contributed by atoms with E-state index in [1.165, 1.54) is 12.0 Å². The van der Waals surface area contributed by atoms with Crippen LogP contribution in [0.15, 0.2) is 41.5 Å². The third-order valence-electron chi connectivity index (χ3n) is 5.89. The van der Waals surface area contributed by atoms with E-state index in [0.29, 0.717) is 18.6 Å². The summed E-state index contributed by atoms with van der Waals surface area (Å²) in [5.41, 5.74) is 4.61. The first kappa shape index (κ1) is 19.4. The van der Waals surface area contributed by atoms with Gasteiger partial charge in [0.1, 0.15) is 5.52 Å². The monoisotopic (exact) mass is 392 g/mol. The minimum absolute atomic E-state index is 0.0945. The molecule has 0 atom stereocenters. The molecule has 6 heteroatoms. The predicted molar refractivity (Wildman–Crippen MR) is 114 cm³/mol. The molecule has 1 aliphatic rings. The van der Waals surface area contributed by atoms with Gasteiger partial charge in [-0.25, -0.2) is 4.52 Å². The van der Waals surface area contributed by atoms with Gasteiger partial charge in [-0.3, -0.25) is 9.59 Å². The van der Waals surface area contributed by atoms with Crippen molar-refractivity contribution in [3.8, 4) is 11.3 Å². The van der Waals surface area contributed by atoms with Gasteiger partial charge in [0.15, 0.2) is 0 Å². The van der Waals surface area contributed by atoms with E-state index in [-0.39, 0.29) is 17.4 Å². The molecule has 29 heavy (non-hydrogen) atoms. The lowest BCUT2D eigenvalue weighted by molar-refractivity contribution is -0.125. The maximum absolute atomic E-state index is 12.9. The zero-order chi connectivity index (χ0) is 20.4. The Hall–Kier alpha value is -2.89. The molecule has 0 spiro atoms. The van der Waals surface area contributed by atoms with Crippen molar-refractivity contribution in [2.24, 2.45) is 5.92 Å². The number of hydrogen-bond acceptors (Lipinski definition) is 3. The van der Waals surface area contributed by atoms with Crippen LogP contribution in [-0.2, 0) is 11.3 Å². The number of aromatic nitrogens is 3. The third-order valence-corrected chi connectivity index (χ3v) is 5.89. The van der Waals surface area contributed by atoms with Crippen molar-refractivity contribution in [2.75, 3.05) is 6.54 Å². The van der Waals surface area contributed by atoms with Crippen LogP contribution < -0.4 is 10.9 Å². The number of carbonyl (C=O) groups is 1. The topological polar surface area (TPSA) is 68.4 Å². The minimum atomic E-state index is -0.0945. The highest BCUT2D eigenvalue weighted by molar-refractivity contribution is 5.78. The van der Waals surface area contributed by atoms with Gasteiger partial charge in [-0.1, -0.05) is 43.0 Å². The summed E-state index contributed by atoms with van der Waals surface area (Å²) in [7, 11) is 0. The van der Waals surface area contributed by atoms with Crippen molar-refractivity contribution < 1.29 is 4.79 Å². The van der Waals surface area contributed by atoms with Gasteiger partial charge in [0, 0.05) is 37.0 Å². The lowest BCUT2D eigenvalue weighted by Gasteiger charge is -2.20. The molecule has 6 nitrogen and oxygen atoms in total. The average molecular weight is 393 g/mol. The second kappa shape index (κ2) is 8.23. The summed E-state index contributed by atoms with van der Waals surface area (Å²) in [6.07, 6.45) is 9.00. The predicted octanol–water partition coefficient (Wildman–Crippen LogP) is 3.48. The second-order valence-electron chi connectivity index (χ2n) is 8.10. The number of carbonyl (C=O) groups excluding carboxylic acids is 1. The molecule has 1 fully saturated rings. The van der Waals surface area contributed by atoms with Crippen molar-refractivity contribution >= 4 is 11.4 Å². The number of amides is 1. The van der Waals surface area contributed by atoms with Crippen LogP contribution in [0.5, 0.6) is 0 Å². The summed E-state index contributed by atoms with van der Waals surface area (Å²) in [5, 5.41) is 7.58. The smallest absolute Gasteiger partial charge is 0.276 e. The molecule has 1 saturated carbocycles. The molecular formula is C23H28N4O2. The van der Waals surface area contributed by atoms with E-state index in [9.17, 15) is 9.59 Å². The molecule has 0 radical (unpaired) electrons. The zero-order valence-corrected chi connectivity index (χ0v) is 17.1. The van der Waals surface area contributed by atoms with Gasteiger partial charge in [0.25, 0.3) is 5.56 Å². The van der Waals surface area contributed by atoms with Crippen molar-refractivity contribution in [2.45, 2.75) is 52.5 Å². The Morgan fingerprint density at radius 1 is 1.14 bits per heavy atom. The number of benzene rings is 1. The van der Waals surface area contributed by atoms with E-state index in [2.05, 4.69) is 36.4 Å². The maximum atomic E-state index is 12.9. The molecule has 4 rings (SSSR count). The van der Waals surface area contributed by atoms with E-state index in [1.54, 1.807) is 21.5 Å². The Morgan fingerprint density at radius 3 is 2.69 bits per heavy atom. The number of nitrogens with one attached hydrogen (secondary N) is 1. The highest BCUT2D eigenvalue weighted by Gasteiger charge is 2.20. The van der Waals surface area contributed by atoms with Gasteiger partial charge in [-0.2, -0.15) is 5.10 Å². The highest BCUT2D eigenvalue weighted by atomic mass is 16.2. The van der Waals surface area contributed by atoms with Gasteiger partial charge in [0.05, 0.1) is 5.69 Å². The first-order valence-corrected chi connectivity index (χ1v) is 10.5. The van der Waals surface area contributed by atoms with Crippen LogP contribution in [0.3, 0.4) is 0 Å². The highest BCUT2D eigenvalue weighted by Crippen LogP contribution is 2.24. The van der Waals surface area contributed by atoms with E-state index in [4.69, 9.17) is 0 Å². The van der Waals surface area contributed by atoms with Crippen LogP contribution in [0, 0.1) is 19.8 Å². The molecule has 2 heterocycles. The van der Waals surface area contributed by atoms with E-state index < -0.39 is 0 Å². The quantitative estimate of drug-likeness (QED) is 0.723. The molecule has 0 bridgehead atoms. The largest absolute Gasteiger partial charge is 0.354 e. The van der Waals surface area contributed by atoms with Crippen molar-refractivity contribution in [1.82, 2.24) is 19.5 Å². The molecular weight excluding hydrogens is 364 g/mol. The Morgan fingerprint density at radius 2 is 1.93 bits per heavy atom. The average Bonchev–Trinajstić information content (AvgIpc) is 3.15. The molecule has 152 valence electrons. The maximum Gasteiger partial charge on any atom is 0.276 e. The molecule has 0 saturated heterocycles. The molecule has 1 aromatic carbocycles. The Kier molecular flexibility index (Phi) is 5.51. The number of aryl methyl sites for hydroxylation is 2. The first-order valence-electron chi connectivity index (χ1n) is 10.5. The SMILES string of the molecule is Cc1ccc(-c2cc3c(=O)n(CCNC(=O)C4CCCCC4)ccn3n2)c(C)c1. The zero-order valence-electron chi connectivity index (χ0n) is 17.1. The lowest BCUT2D eigenvalue weighted by Crippen LogP contribution is -2.35. The van der Waals surface area contributed by atoms with Gasteiger partial charge >= 0.3 is 0 Å². The lowest BCUT2D eigenvalue weighted by atomic mass is 9.89. The van der Waals surface area contributed by atoms with Crippen LogP contribution in [0.2, 0.25) is 0 Å². The number of rotatable bonds is 5. The normalized spacial score (nSPS) is 15.0. The summed E-state index contributed by atoms with van der Waals surface area (Å²) in [4.78, 5) is 25.2. The van der Waals surface area contributed by atoms with Gasteiger partial charge < -0.3 is 9.88 Å². The second-order valence-corrected chi connectivity index (χ2v) is 8.10. The summed E-state index contributed by atoms with van der Waals surface area (Å²) in [6, 6.07) is 8.06. The number of nitrogens with zero attached hydrogens (tertiary/aromatic N) is 3. The molecule has 0 unspecified atom stereocenters. The molecule has 1 N–H and O–H groups in total. The summed E-state index contributed by atoms with van der Waals surface area (Å²) >= 11 is 0. The van der Waals surface area contributed by atoms with Gasteiger partial charge in [0.2, 0.25) is 5.91 Å². The third kappa shape index (κ3) is 4.11. The van der Waals surface area contributed by atoms with E-state index in [1.807, 2.05) is 12.1 Å². The summed E-state index contributed by atoms with van der Waals surface area (Å²) in [6.45, 7) is 5.03. The number of hydrogen-bond donors (Lipinski definition) is 1. The number of fused-ring (bicyclic) bond motifs is 1. The van der Waals surface area contributed by atoms with E-state index in [0.717, 1.165) is 42.5 Å². The van der Waals surface area contributed by atoms with Crippen molar-refractivity contribution in [3.05, 3.63) is 58.1 Å². The van der Waals surface area contributed by atoms with Crippen LogP contribution in [0.25, 0.3) is 16.8 Å². The molecule has 1 aliphatic carbocycles. The summed E-state index contributed by atoms with van der Waals surface area (Å²) < 4.78 is 3.28. The van der Waals surface area contributed by atoms with Crippen LogP contribution in [-0.4, -0.2) is 26.6 Å². The fourth-order valence-electron chi connectivity index (χ4n) is 4.24. The molecule has 3 aromatic rings. The molecule has 2 aromatic heterocycles. The van der Waals surface area contributed by atoms with E-state index >= 15 is 0 Å².